The molecule has 0 radical (unpaired) electrons. The van der Waals surface area contributed by atoms with E-state index in [-0.39, 0.29) is 18.9 Å². The summed E-state index contributed by atoms with van der Waals surface area (Å²) in [5, 5.41) is 13.7. The van der Waals surface area contributed by atoms with Crippen LogP contribution in [0, 0.1) is 0 Å². The number of likely N-dealkylation sites (tertiary alicyclic amines) is 1. The van der Waals surface area contributed by atoms with Gasteiger partial charge in [-0.2, -0.15) is 0 Å². The van der Waals surface area contributed by atoms with Crippen molar-refractivity contribution in [2.75, 3.05) is 31.7 Å². The third-order valence-electron chi connectivity index (χ3n) is 6.07. The van der Waals surface area contributed by atoms with Crippen LogP contribution in [0.3, 0.4) is 0 Å². The molecule has 5 rings (SSSR count). The van der Waals surface area contributed by atoms with Gasteiger partial charge >= 0.3 is 6.03 Å². The van der Waals surface area contributed by atoms with Crippen LogP contribution in [-0.4, -0.2) is 53.4 Å². The van der Waals surface area contributed by atoms with Crippen molar-refractivity contribution in [2.45, 2.75) is 31.5 Å². The Morgan fingerprint density at radius 2 is 1.90 bits per heavy atom. The number of para-hydroxylation sites is 1. The maximum absolute atomic E-state index is 12.5. The number of aliphatic hydroxyl groups excluding tert-OH is 1. The Kier molecular flexibility index (Phi) is 4.77. The molecule has 3 aliphatic heterocycles. The summed E-state index contributed by atoms with van der Waals surface area (Å²) in [6.45, 7) is 3.18. The summed E-state index contributed by atoms with van der Waals surface area (Å²) >= 11 is 0. The molecule has 29 heavy (non-hydrogen) atoms. The quantitative estimate of drug-likeness (QED) is 0.833. The zero-order chi connectivity index (χ0) is 19.8. The molecular formula is C22H25N3O4. The van der Waals surface area contributed by atoms with Crippen LogP contribution in [-0.2, 0) is 6.54 Å². The minimum atomic E-state index is -0.578. The summed E-state index contributed by atoms with van der Waals surface area (Å²) in [5.74, 6) is 1.42. The van der Waals surface area contributed by atoms with Crippen molar-refractivity contribution in [1.29, 1.82) is 0 Å². The van der Waals surface area contributed by atoms with Crippen LogP contribution in [0.15, 0.2) is 42.5 Å². The molecular weight excluding hydrogens is 370 g/mol. The van der Waals surface area contributed by atoms with E-state index in [4.69, 9.17) is 9.47 Å². The van der Waals surface area contributed by atoms with Crippen LogP contribution in [0.1, 0.15) is 30.1 Å². The van der Waals surface area contributed by atoms with E-state index in [2.05, 4.69) is 16.3 Å². The highest BCUT2D eigenvalue weighted by Crippen LogP contribution is 2.34. The fraction of sp³-hybridized carbons (Fsp3) is 0.409. The number of nitrogens with zero attached hydrogens (tertiary/aromatic N) is 2. The largest absolute Gasteiger partial charge is 0.454 e. The summed E-state index contributed by atoms with van der Waals surface area (Å²) in [6, 6.07) is 13.8. The van der Waals surface area contributed by atoms with Crippen molar-refractivity contribution in [3.63, 3.8) is 0 Å². The normalized spacial score (nSPS) is 20.3. The van der Waals surface area contributed by atoms with E-state index in [0.717, 1.165) is 48.5 Å². The molecule has 1 fully saturated rings. The van der Waals surface area contributed by atoms with Crippen LogP contribution < -0.4 is 14.8 Å². The van der Waals surface area contributed by atoms with Gasteiger partial charge in [0.05, 0.1) is 6.10 Å². The van der Waals surface area contributed by atoms with E-state index in [1.165, 1.54) is 0 Å². The third kappa shape index (κ3) is 3.63. The van der Waals surface area contributed by atoms with E-state index in [9.17, 15) is 9.90 Å². The Labute approximate surface area is 169 Å². The topological polar surface area (TPSA) is 74.3 Å². The van der Waals surface area contributed by atoms with Gasteiger partial charge in [0.15, 0.2) is 11.5 Å². The van der Waals surface area contributed by atoms with Gasteiger partial charge < -0.3 is 29.7 Å². The van der Waals surface area contributed by atoms with Gasteiger partial charge in [0.1, 0.15) is 0 Å². The summed E-state index contributed by atoms with van der Waals surface area (Å²) < 4.78 is 10.7. The maximum atomic E-state index is 12.5. The highest BCUT2D eigenvalue weighted by Gasteiger charge is 2.32. The molecule has 152 valence electrons. The smallest absolute Gasteiger partial charge is 0.322 e. The molecule has 1 saturated heterocycles. The number of amides is 2. The monoisotopic (exact) mass is 395 g/mol. The number of fused-ring (bicyclic) bond motifs is 2. The molecule has 2 aromatic rings. The summed E-state index contributed by atoms with van der Waals surface area (Å²) in [6.07, 6.45) is 1.23. The van der Waals surface area contributed by atoms with Crippen molar-refractivity contribution in [1.82, 2.24) is 9.80 Å². The van der Waals surface area contributed by atoms with Crippen molar-refractivity contribution in [2.24, 2.45) is 0 Å². The summed E-state index contributed by atoms with van der Waals surface area (Å²) in [7, 11) is 0. The average molecular weight is 395 g/mol. The minimum absolute atomic E-state index is 0.0115. The first-order chi connectivity index (χ1) is 14.2. The number of β-amino-alcohol motifs (C(OH)–C–C–N with tert-alkyl or cyclic N) is 1. The number of aliphatic hydroxyl groups is 1. The second kappa shape index (κ2) is 7.57. The minimum Gasteiger partial charge on any atom is -0.454 e. The number of hydrogen-bond acceptors (Lipinski definition) is 5. The molecule has 2 aromatic carbocycles. The predicted octanol–water partition coefficient (Wildman–Crippen LogP) is 2.96. The van der Waals surface area contributed by atoms with Crippen LogP contribution in [0.4, 0.5) is 10.5 Å². The Morgan fingerprint density at radius 3 is 2.76 bits per heavy atom. The summed E-state index contributed by atoms with van der Waals surface area (Å²) in [5.41, 5.74) is 2.91. The van der Waals surface area contributed by atoms with Crippen molar-refractivity contribution in [3.8, 4) is 11.5 Å². The second-order valence-corrected chi connectivity index (χ2v) is 7.88. The number of ether oxygens (including phenoxy) is 2. The first-order valence-corrected chi connectivity index (χ1v) is 10.1. The summed E-state index contributed by atoms with van der Waals surface area (Å²) in [4.78, 5) is 16.8. The Morgan fingerprint density at radius 1 is 1.10 bits per heavy atom. The molecule has 0 saturated carbocycles. The number of benzene rings is 2. The molecule has 0 aliphatic carbocycles. The zero-order valence-electron chi connectivity index (χ0n) is 16.2. The lowest BCUT2D eigenvalue weighted by Gasteiger charge is -2.41. The predicted molar refractivity (Wildman–Crippen MR) is 108 cm³/mol. The average Bonchev–Trinajstić information content (AvgIpc) is 3.22. The van der Waals surface area contributed by atoms with Gasteiger partial charge in [-0.15, -0.1) is 0 Å². The van der Waals surface area contributed by atoms with Crippen molar-refractivity contribution >= 4 is 11.7 Å². The zero-order valence-corrected chi connectivity index (χ0v) is 16.2. The maximum Gasteiger partial charge on any atom is 0.322 e. The number of carbonyl (C=O) groups excluding carboxylic acids is 1. The van der Waals surface area contributed by atoms with Gasteiger partial charge in [0, 0.05) is 37.9 Å². The van der Waals surface area contributed by atoms with Crippen LogP contribution in [0.25, 0.3) is 0 Å². The second-order valence-electron chi connectivity index (χ2n) is 7.88. The van der Waals surface area contributed by atoms with Gasteiger partial charge in [-0.25, -0.2) is 4.79 Å². The lowest BCUT2D eigenvalue weighted by atomic mass is 10.00. The molecule has 3 heterocycles. The van der Waals surface area contributed by atoms with E-state index in [0.29, 0.717) is 18.8 Å². The highest BCUT2D eigenvalue weighted by atomic mass is 16.7. The standard InChI is InChI=1S/C22H25N3O4/c26-19(15-5-6-20-21(11-15)29-14-28-20)13-24-9-7-17(8-10-24)25-12-16-3-1-2-4-18(16)23-22(25)27/h1-6,11,17,19,26H,7-10,12-14H2,(H,23,27). The lowest BCUT2D eigenvalue weighted by molar-refractivity contribution is 0.0746. The fourth-order valence-electron chi connectivity index (χ4n) is 4.40. The van der Waals surface area contributed by atoms with Gasteiger partial charge in [-0.05, 0) is 42.2 Å². The Balaban J connectivity index is 1.17. The Bertz CT molecular complexity index is 911. The molecule has 2 amide bonds. The molecule has 2 N–H and O–H groups in total. The van der Waals surface area contributed by atoms with Crippen LogP contribution in [0.2, 0.25) is 0 Å². The number of anilines is 1. The molecule has 1 atom stereocenters. The number of rotatable bonds is 4. The highest BCUT2D eigenvalue weighted by molar-refractivity contribution is 5.92. The number of carbonyl (C=O) groups is 1. The molecule has 0 spiro atoms. The molecule has 7 heteroatoms. The lowest BCUT2D eigenvalue weighted by Crippen LogP contribution is -2.50. The van der Waals surface area contributed by atoms with Gasteiger partial charge in [0.25, 0.3) is 0 Å². The molecule has 7 nitrogen and oxygen atoms in total. The first-order valence-electron chi connectivity index (χ1n) is 10.1. The molecule has 3 aliphatic rings. The van der Waals surface area contributed by atoms with E-state index >= 15 is 0 Å². The van der Waals surface area contributed by atoms with Gasteiger partial charge in [-0.3, -0.25) is 0 Å². The van der Waals surface area contributed by atoms with E-state index in [1.54, 1.807) is 0 Å². The SMILES string of the molecule is O=C1Nc2ccccc2CN1C1CCN(CC(O)c2ccc3c(c2)OCO3)CC1. The van der Waals surface area contributed by atoms with Crippen molar-refractivity contribution in [3.05, 3.63) is 53.6 Å². The number of urea groups is 1. The number of hydrogen-bond donors (Lipinski definition) is 2. The first kappa shape index (κ1) is 18.3. The molecule has 0 aromatic heterocycles. The fourth-order valence-corrected chi connectivity index (χ4v) is 4.40. The molecule has 0 bridgehead atoms. The van der Waals surface area contributed by atoms with Gasteiger partial charge in [-0.1, -0.05) is 24.3 Å². The van der Waals surface area contributed by atoms with Crippen molar-refractivity contribution < 1.29 is 19.4 Å². The Hall–Kier alpha value is -2.77. The van der Waals surface area contributed by atoms with E-state index < -0.39 is 6.10 Å². The van der Waals surface area contributed by atoms with Gasteiger partial charge in [0.2, 0.25) is 6.79 Å². The third-order valence-corrected chi connectivity index (χ3v) is 6.07. The number of nitrogens with one attached hydrogen (secondary N) is 1. The molecule has 1 unspecified atom stereocenters. The van der Waals surface area contributed by atoms with E-state index in [1.807, 2.05) is 41.3 Å². The van der Waals surface area contributed by atoms with Crippen LogP contribution >= 0.6 is 0 Å². The van der Waals surface area contributed by atoms with Crippen LogP contribution in [0.5, 0.6) is 11.5 Å². The number of piperidine rings is 1.